The van der Waals surface area contributed by atoms with Crippen molar-refractivity contribution in [1.82, 2.24) is 4.90 Å². The number of carbonyl (C=O) groups is 2. The molecule has 0 aromatic carbocycles. The molecule has 17 heavy (non-hydrogen) atoms. The van der Waals surface area contributed by atoms with Crippen LogP contribution in [0.25, 0.3) is 0 Å². The minimum Gasteiger partial charge on any atom is -0.453 e. The van der Waals surface area contributed by atoms with Crippen molar-refractivity contribution >= 4 is 44.3 Å². The highest BCUT2D eigenvalue weighted by atomic mass is 127. The fourth-order valence-corrected chi connectivity index (χ4v) is 4.77. The molecule has 0 aromatic heterocycles. The third-order valence-corrected chi connectivity index (χ3v) is 6.51. The van der Waals surface area contributed by atoms with Crippen molar-refractivity contribution in [3.05, 3.63) is 0 Å². The molecule has 96 valence electrons. The predicted molar refractivity (Wildman–Crippen MR) is 67.0 cm³/mol. The zero-order valence-electron chi connectivity index (χ0n) is 9.34. The first kappa shape index (κ1) is 13.1. The SMILES string of the molecule is CC1(C)[C@@H](C(=O)OCI)N2C(=O)C[C@@H]2S1(=O)=O. The Bertz CT molecular complexity index is 486. The average molecular weight is 373 g/mol. The summed E-state index contributed by atoms with van der Waals surface area (Å²) in [5.74, 6) is -0.955. The molecule has 8 heteroatoms. The molecule has 2 rings (SSSR count). The van der Waals surface area contributed by atoms with E-state index in [1.165, 1.54) is 13.8 Å². The molecular formula is C9H12INO5S. The van der Waals surface area contributed by atoms with Gasteiger partial charge in [-0.3, -0.25) is 4.79 Å². The fraction of sp³-hybridized carbons (Fsp3) is 0.778. The van der Waals surface area contributed by atoms with Gasteiger partial charge >= 0.3 is 5.97 Å². The molecule has 2 atom stereocenters. The van der Waals surface area contributed by atoms with E-state index in [9.17, 15) is 18.0 Å². The van der Waals surface area contributed by atoms with E-state index in [0.717, 1.165) is 4.90 Å². The van der Waals surface area contributed by atoms with E-state index in [1.54, 1.807) is 0 Å². The zero-order chi connectivity index (χ0) is 13.0. The van der Waals surface area contributed by atoms with Gasteiger partial charge in [-0.15, -0.1) is 0 Å². The summed E-state index contributed by atoms with van der Waals surface area (Å²) in [4.78, 5) is 24.4. The number of alkyl halides is 1. The topological polar surface area (TPSA) is 80.8 Å². The first-order valence-corrected chi connectivity index (χ1v) is 8.09. The maximum atomic E-state index is 12.1. The highest BCUT2D eigenvalue weighted by molar-refractivity contribution is 14.1. The number of carbonyl (C=O) groups excluding carboxylic acids is 2. The van der Waals surface area contributed by atoms with Crippen molar-refractivity contribution in [2.45, 2.75) is 36.4 Å². The van der Waals surface area contributed by atoms with Gasteiger partial charge in [-0.05, 0) is 36.4 Å². The number of sulfone groups is 1. The molecule has 0 aliphatic carbocycles. The van der Waals surface area contributed by atoms with Crippen LogP contribution in [0.4, 0.5) is 0 Å². The molecule has 6 nitrogen and oxygen atoms in total. The predicted octanol–water partition coefficient (Wildman–Crippen LogP) is 0.0561. The Morgan fingerprint density at radius 1 is 1.59 bits per heavy atom. The summed E-state index contributed by atoms with van der Waals surface area (Å²) in [7, 11) is -3.51. The first-order chi connectivity index (χ1) is 7.75. The van der Waals surface area contributed by atoms with E-state index in [0.29, 0.717) is 0 Å². The maximum absolute atomic E-state index is 12.1. The number of fused-ring (bicyclic) bond motifs is 1. The molecule has 0 radical (unpaired) electrons. The molecule has 0 bridgehead atoms. The van der Waals surface area contributed by atoms with Crippen LogP contribution in [0.5, 0.6) is 0 Å². The standard InChI is InChI=1S/C9H12INO5S/c1-9(2)7(8(13)16-4-10)11-5(12)3-6(11)17(9,14)15/h6-7H,3-4H2,1-2H3/t6-,7+/m0/s1. The summed E-state index contributed by atoms with van der Waals surface area (Å²) in [6, 6.07) is -1.02. The zero-order valence-corrected chi connectivity index (χ0v) is 12.3. The molecule has 0 unspecified atom stereocenters. The lowest BCUT2D eigenvalue weighted by Gasteiger charge is -2.36. The lowest BCUT2D eigenvalue weighted by Crippen LogP contribution is -2.57. The van der Waals surface area contributed by atoms with Gasteiger partial charge in [-0.1, -0.05) is 0 Å². The maximum Gasteiger partial charge on any atom is 0.331 e. The Labute approximate surface area is 113 Å². The summed E-state index contributed by atoms with van der Waals surface area (Å²) >= 11 is 1.85. The minimum atomic E-state index is -3.51. The number of amides is 1. The van der Waals surface area contributed by atoms with E-state index in [1.807, 2.05) is 22.6 Å². The number of hydrogen-bond donors (Lipinski definition) is 0. The molecule has 0 N–H and O–H groups in total. The second-order valence-electron chi connectivity index (χ2n) is 4.58. The van der Waals surface area contributed by atoms with Crippen molar-refractivity contribution in [2.24, 2.45) is 0 Å². The number of halogens is 1. The number of hydrogen-bond acceptors (Lipinski definition) is 5. The first-order valence-electron chi connectivity index (χ1n) is 5.02. The fourth-order valence-electron chi connectivity index (χ4n) is 2.34. The normalized spacial score (nSPS) is 32.9. The lowest BCUT2D eigenvalue weighted by atomic mass is 9.98. The molecule has 2 fully saturated rings. The summed E-state index contributed by atoms with van der Waals surface area (Å²) in [6.45, 7) is 2.93. The van der Waals surface area contributed by atoms with Crippen molar-refractivity contribution in [3.63, 3.8) is 0 Å². The summed E-state index contributed by atoms with van der Waals surface area (Å²) in [5, 5.41) is -0.850. The summed E-state index contributed by atoms with van der Waals surface area (Å²) in [5.41, 5.74) is 0. The van der Waals surface area contributed by atoms with Crippen LogP contribution in [-0.4, -0.2) is 46.0 Å². The molecule has 2 aliphatic rings. The molecule has 0 spiro atoms. The molecule has 2 heterocycles. The molecular weight excluding hydrogens is 361 g/mol. The van der Waals surface area contributed by atoms with Crippen LogP contribution in [0.1, 0.15) is 20.3 Å². The number of rotatable bonds is 2. The van der Waals surface area contributed by atoms with Crippen molar-refractivity contribution in [3.8, 4) is 0 Å². The third kappa shape index (κ3) is 1.52. The number of ether oxygens (including phenoxy) is 1. The van der Waals surface area contributed by atoms with Crippen molar-refractivity contribution < 1.29 is 22.7 Å². The number of nitrogens with zero attached hydrogens (tertiary/aromatic N) is 1. The van der Waals surface area contributed by atoms with Gasteiger partial charge in [0.1, 0.15) is 16.0 Å². The quantitative estimate of drug-likeness (QED) is 0.296. The van der Waals surface area contributed by atoms with E-state index in [2.05, 4.69) is 0 Å². The van der Waals surface area contributed by atoms with Gasteiger partial charge in [-0.25, -0.2) is 13.2 Å². The van der Waals surface area contributed by atoms with Crippen LogP contribution in [0.15, 0.2) is 0 Å². The lowest BCUT2D eigenvalue weighted by molar-refractivity contribution is -0.159. The summed E-state index contributed by atoms with van der Waals surface area (Å²) in [6.07, 6.45) is -0.0280. The summed E-state index contributed by atoms with van der Waals surface area (Å²) < 4.78 is 28.0. The van der Waals surface area contributed by atoms with Gasteiger partial charge in [-0.2, -0.15) is 0 Å². The van der Waals surface area contributed by atoms with Crippen LogP contribution < -0.4 is 0 Å². The Balaban J connectivity index is 2.44. The largest absolute Gasteiger partial charge is 0.453 e. The Hall–Kier alpha value is -0.380. The van der Waals surface area contributed by atoms with Crippen molar-refractivity contribution in [2.75, 3.05) is 4.61 Å². The van der Waals surface area contributed by atoms with Crippen LogP contribution in [0.2, 0.25) is 0 Å². The van der Waals surface area contributed by atoms with Crippen LogP contribution in [0, 0.1) is 0 Å². The molecule has 1 amide bonds. The van der Waals surface area contributed by atoms with Gasteiger partial charge in [0, 0.05) is 0 Å². The third-order valence-electron chi connectivity index (χ3n) is 3.40. The smallest absolute Gasteiger partial charge is 0.331 e. The van der Waals surface area contributed by atoms with Crippen LogP contribution >= 0.6 is 22.6 Å². The monoisotopic (exact) mass is 373 g/mol. The van der Waals surface area contributed by atoms with E-state index < -0.39 is 32.0 Å². The average Bonchev–Trinajstić information content (AvgIpc) is 2.32. The number of esters is 1. The Morgan fingerprint density at radius 2 is 2.18 bits per heavy atom. The van der Waals surface area contributed by atoms with Gasteiger partial charge in [0.05, 0.1) is 11.2 Å². The molecule has 2 aliphatic heterocycles. The van der Waals surface area contributed by atoms with Gasteiger partial charge in [0.2, 0.25) is 5.91 Å². The molecule has 0 aromatic rings. The van der Waals surface area contributed by atoms with E-state index >= 15 is 0 Å². The van der Waals surface area contributed by atoms with E-state index in [-0.39, 0.29) is 16.9 Å². The highest BCUT2D eigenvalue weighted by Crippen LogP contribution is 2.45. The highest BCUT2D eigenvalue weighted by Gasteiger charge is 2.68. The number of β-lactam (4-membered cyclic amide) rings is 1. The molecule has 2 saturated heterocycles. The minimum absolute atomic E-state index is 0.0280. The second kappa shape index (κ2) is 3.81. The Morgan fingerprint density at radius 3 is 2.65 bits per heavy atom. The van der Waals surface area contributed by atoms with Gasteiger partial charge in [0.25, 0.3) is 0 Å². The van der Waals surface area contributed by atoms with Crippen molar-refractivity contribution in [1.29, 1.82) is 0 Å². The van der Waals surface area contributed by atoms with Crippen LogP contribution in [0.3, 0.4) is 0 Å². The molecule has 0 saturated carbocycles. The second-order valence-corrected chi connectivity index (χ2v) is 7.89. The van der Waals surface area contributed by atoms with E-state index in [4.69, 9.17) is 4.74 Å². The van der Waals surface area contributed by atoms with Gasteiger partial charge in [0.15, 0.2) is 9.84 Å². The van der Waals surface area contributed by atoms with Crippen LogP contribution in [-0.2, 0) is 24.2 Å². The Kier molecular flexibility index (Phi) is 2.92. The van der Waals surface area contributed by atoms with Gasteiger partial charge < -0.3 is 9.64 Å².